The maximum Gasteiger partial charge on any atom is 0.256 e. The molecule has 0 aromatic carbocycles. The van der Waals surface area contributed by atoms with Crippen LogP contribution >= 0.6 is 0 Å². The molecule has 2 aromatic heterocycles. The fourth-order valence-corrected chi connectivity index (χ4v) is 2.11. The Morgan fingerprint density at radius 2 is 2.15 bits per heavy atom. The topological polar surface area (TPSA) is 52.2 Å². The van der Waals surface area contributed by atoms with Gasteiger partial charge in [-0.05, 0) is 26.0 Å². The molecule has 6 heteroatoms. The number of ketones is 1. The summed E-state index contributed by atoms with van der Waals surface area (Å²) in [6.07, 6.45) is 0.0923. The lowest BCUT2D eigenvalue weighted by Gasteiger charge is -2.14. The minimum absolute atomic E-state index is 0.0837. The average Bonchev–Trinajstić information content (AvgIpc) is 2.85. The zero-order valence-electron chi connectivity index (χ0n) is 11.0. The monoisotopic (exact) mass is 281 g/mol. The number of halogens is 2. The number of aromatic nitrogens is 1. The van der Waals surface area contributed by atoms with Gasteiger partial charge in [-0.15, -0.1) is 0 Å². The first-order chi connectivity index (χ1) is 9.41. The van der Waals surface area contributed by atoms with Crippen LogP contribution in [0.4, 0.5) is 8.78 Å². The van der Waals surface area contributed by atoms with Gasteiger partial charge in [0.1, 0.15) is 5.76 Å². The summed E-state index contributed by atoms with van der Waals surface area (Å²) < 4.78 is 31.5. The lowest BCUT2D eigenvalue weighted by atomic mass is 10.0. The van der Waals surface area contributed by atoms with Gasteiger partial charge >= 0.3 is 0 Å². The molecule has 0 N–H and O–H groups in total. The van der Waals surface area contributed by atoms with E-state index < -0.39 is 24.2 Å². The van der Waals surface area contributed by atoms with Crippen LogP contribution in [0.25, 0.3) is 11.3 Å². The van der Waals surface area contributed by atoms with Crippen LogP contribution in [0.3, 0.4) is 0 Å². The number of hydrogen-bond acceptors (Lipinski definition) is 3. The number of rotatable bonds is 4. The van der Waals surface area contributed by atoms with Crippen LogP contribution in [0.2, 0.25) is 0 Å². The Kier molecular flexibility index (Phi) is 3.83. The number of hydrogen-bond donors (Lipinski definition) is 0. The Hall–Kier alpha value is -2.24. The number of nitrogens with zero attached hydrogens (tertiary/aromatic N) is 1. The first kappa shape index (κ1) is 14.2. The van der Waals surface area contributed by atoms with Crippen molar-refractivity contribution in [2.75, 3.05) is 0 Å². The molecule has 0 aliphatic heterocycles. The minimum Gasteiger partial charge on any atom is -0.464 e. The second kappa shape index (κ2) is 5.40. The lowest BCUT2D eigenvalue weighted by molar-refractivity contribution is 0.101. The van der Waals surface area contributed by atoms with Crippen LogP contribution in [-0.4, -0.2) is 16.8 Å². The van der Waals surface area contributed by atoms with Gasteiger partial charge in [0.05, 0.1) is 23.9 Å². The maximum absolute atomic E-state index is 12.6. The number of pyridine rings is 1. The first-order valence-corrected chi connectivity index (χ1v) is 5.98. The van der Waals surface area contributed by atoms with E-state index in [1.807, 2.05) is 0 Å². The third-order valence-corrected chi connectivity index (χ3v) is 3.02. The number of alkyl halides is 2. The van der Waals surface area contributed by atoms with Crippen molar-refractivity contribution in [3.05, 3.63) is 46.1 Å². The van der Waals surface area contributed by atoms with Crippen molar-refractivity contribution in [2.24, 2.45) is 0 Å². The second-order valence-corrected chi connectivity index (χ2v) is 4.41. The van der Waals surface area contributed by atoms with E-state index in [1.54, 1.807) is 12.1 Å². The van der Waals surface area contributed by atoms with Gasteiger partial charge in [-0.2, -0.15) is 0 Å². The maximum atomic E-state index is 12.6. The second-order valence-electron chi connectivity index (χ2n) is 4.41. The molecule has 106 valence electrons. The van der Waals surface area contributed by atoms with E-state index in [0.717, 1.165) is 0 Å². The Balaban J connectivity index is 2.73. The summed E-state index contributed by atoms with van der Waals surface area (Å²) in [7, 11) is 0. The van der Waals surface area contributed by atoms with Gasteiger partial charge in [0.25, 0.3) is 6.43 Å². The number of furan rings is 1. The summed E-state index contributed by atoms with van der Waals surface area (Å²) in [4.78, 5) is 23.9. The fourth-order valence-electron chi connectivity index (χ4n) is 2.11. The predicted molar refractivity (Wildman–Crippen MR) is 69.1 cm³/mol. The minimum atomic E-state index is -2.58. The Morgan fingerprint density at radius 1 is 1.45 bits per heavy atom. The standard InChI is InChI=1S/C14H13F2NO3/c1-8-13(9(2)18)14(19)10(11-4-3-5-20-11)6-17(8)7-12(15)16/h3-6,12H,7H2,1-2H3. The van der Waals surface area contributed by atoms with Crippen LogP contribution in [0.1, 0.15) is 23.0 Å². The molecule has 0 amide bonds. The molecular formula is C14H13F2NO3. The van der Waals surface area contributed by atoms with Crippen LogP contribution in [-0.2, 0) is 6.54 Å². The highest BCUT2D eigenvalue weighted by molar-refractivity contribution is 5.96. The summed E-state index contributed by atoms with van der Waals surface area (Å²) in [6.45, 7) is 2.13. The van der Waals surface area contributed by atoms with E-state index in [-0.39, 0.29) is 22.6 Å². The van der Waals surface area contributed by atoms with Crippen molar-refractivity contribution < 1.29 is 18.0 Å². The molecule has 2 heterocycles. The van der Waals surface area contributed by atoms with Crippen LogP contribution < -0.4 is 5.43 Å². The molecule has 0 atom stereocenters. The van der Waals surface area contributed by atoms with Gasteiger partial charge in [0.2, 0.25) is 5.43 Å². The van der Waals surface area contributed by atoms with Gasteiger partial charge in [0, 0.05) is 11.9 Å². The summed E-state index contributed by atoms with van der Waals surface area (Å²) in [6, 6.07) is 3.13. The van der Waals surface area contributed by atoms with E-state index in [9.17, 15) is 18.4 Å². The van der Waals surface area contributed by atoms with E-state index in [0.29, 0.717) is 0 Å². The zero-order chi connectivity index (χ0) is 14.9. The van der Waals surface area contributed by atoms with E-state index in [4.69, 9.17) is 4.42 Å². The van der Waals surface area contributed by atoms with Crippen LogP contribution in [0.15, 0.2) is 33.8 Å². The van der Waals surface area contributed by atoms with Crippen molar-refractivity contribution in [1.82, 2.24) is 4.57 Å². The SMILES string of the molecule is CC(=O)c1c(C)n(CC(F)F)cc(-c2ccco2)c1=O. The third kappa shape index (κ3) is 2.54. The summed E-state index contributed by atoms with van der Waals surface area (Å²) in [5.74, 6) is -0.204. The molecule has 0 saturated carbocycles. The molecule has 0 spiro atoms. The molecule has 0 radical (unpaired) electrons. The largest absolute Gasteiger partial charge is 0.464 e. The Labute approximate surface area is 113 Å². The third-order valence-electron chi connectivity index (χ3n) is 3.02. The lowest BCUT2D eigenvalue weighted by Crippen LogP contribution is -2.23. The molecule has 20 heavy (non-hydrogen) atoms. The number of carbonyl (C=O) groups is 1. The zero-order valence-corrected chi connectivity index (χ0v) is 11.0. The number of Topliss-reactive ketones (excluding diaryl/α,β-unsaturated/α-hetero) is 1. The van der Waals surface area contributed by atoms with Crippen molar-refractivity contribution in [3.63, 3.8) is 0 Å². The van der Waals surface area contributed by atoms with Crippen molar-refractivity contribution in [2.45, 2.75) is 26.8 Å². The number of carbonyl (C=O) groups excluding carboxylic acids is 1. The first-order valence-electron chi connectivity index (χ1n) is 5.98. The fraction of sp³-hybridized carbons (Fsp3) is 0.286. The molecule has 0 aliphatic rings. The highest BCUT2D eigenvalue weighted by Gasteiger charge is 2.19. The highest BCUT2D eigenvalue weighted by atomic mass is 19.3. The van der Waals surface area contributed by atoms with Crippen LogP contribution in [0, 0.1) is 6.92 Å². The van der Waals surface area contributed by atoms with Crippen LogP contribution in [0.5, 0.6) is 0 Å². The van der Waals surface area contributed by atoms with Gasteiger partial charge < -0.3 is 8.98 Å². The average molecular weight is 281 g/mol. The molecule has 0 unspecified atom stereocenters. The molecule has 0 fully saturated rings. The summed E-state index contributed by atoms with van der Waals surface area (Å²) in [5, 5.41) is 0. The normalized spacial score (nSPS) is 11.1. The molecule has 0 aliphatic carbocycles. The molecule has 0 saturated heterocycles. The molecule has 0 bridgehead atoms. The van der Waals surface area contributed by atoms with Crippen molar-refractivity contribution in [3.8, 4) is 11.3 Å². The predicted octanol–water partition coefficient (Wildman–Crippen LogP) is 2.88. The molecule has 4 nitrogen and oxygen atoms in total. The van der Waals surface area contributed by atoms with Gasteiger partial charge in [0.15, 0.2) is 5.78 Å². The summed E-state index contributed by atoms with van der Waals surface area (Å²) >= 11 is 0. The Bertz CT molecular complexity index is 687. The van der Waals surface area contributed by atoms with E-state index in [1.165, 1.54) is 30.9 Å². The van der Waals surface area contributed by atoms with E-state index in [2.05, 4.69) is 0 Å². The smallest absolute Gasteiger partial charge is 0.256 e. The quantitative estimate of drug-likeness (QED) is 0.810. The van der Waals surface area contributed by atoms with E-state index >= 15 is 0 Å². The molecular weight excluding hydrogens is 268 g/mol. The van der Waals surface area contributed by atoms with Gasteiger partial charge in [-0.3, -0.25) is 9.59 Å². The highest BCUT2D eigenvalue weighted by Crippen LogP contribution is 2.19. The van der Waals surface area contributed by atoms with Crippen molar-refractivity contribution >= 4 is 5.78 Å². The molecule has 2 rings (SSSR count). The Morgan fingerprint density at radius 3 is 2.65 bits per heavy atom. The summed E-state index contributed by atoms with van der Waals surface area (Å²) in [5.41, 5.74) is -0.250. The van der Waals surface area contributed by atoms with Gasteiger partial charge in [-0.25, -0.2) is 8.78 Å². The van der Waals surface area contributed by atoms with Gasteiger partial charge in [-0.1, -0.05) is 0 Å². The molecule has 2 aromatic rings. The van der Waals surface area contributed by atoms with Crippen molar-refractivity contribution in [1.29, 1.82) is 0 Å².